The molecule has 0 aliphatic heterocycles. The Morgan fingerprint density at radius 1 is 1.00 bits per heavy atom. The fourth-order valence-corrected chi connectivity index (χ4v) is 3.37. The van der Waals surface area contributed by atoms with Gasteiger partial charge in [-0.3, -0.25) is 4.98 Å². The highest BCUT2D eigenvalue weighted by atomic mass is 16.5. The summed E-state index contributed by atoms with van der Waals surface area (Å²) in [5.41, 5.74) is 3.27. The fraction of sp³-hybridized carbons (Fsp3) is 0.360. The molecule has 0 saturated heterocycles. The maximum absolute atomic E-state index is 12.3. The van der Waals surface area contributed by atoms with Crippen LogP contribution in [0.1, 0.15) is 18.1 Å². The first-order valence-electron chi connectivity index (χ1n) is 10.9. The summed E-state index contributed by atoms with van der Waals surface area (Å²) in [5, 5.41) is 6.62. The van der Waals surface area contributed by atoms with Crippen LogP contribution in [0.5, 0.6) is 23.0 Å². The van der Waals surface area contributed by atoms with Crippen molar-refractivity contribution in [1.29, 1.82) is 0 Å². The number of anilines is 1. The molecule has 0 unspecified atom stereocenters. The average Bonchev–Trinajstić information content (AvgIpc) is 2.81. The quantitative estimate of drug-likeness (QED) is 0.488. The molecule has 33 heavy (non-hydrogen) atoms. The molecular formula is C25H32N4O4. The molecule has 2 aromatic carbocycles. The molecule has 0 fully saturated rings. The molecule has 1 heterocycles. The number of benzene rings is 2. The Bertz CT molecular complexity index is 1130. The average molecular weight is 453 g/mol. The molecule has 2 N–H and O–H groups in total. The summed E-state index contributed by atoms with van der Waals surface area (Å²) in [6.07, 6.45) is 1.70. The molecule has 3 rings (SSSR count). The van der Waals surface area contributed by atoms with Gasteiger partial charge in [0.05, 0.1) is 19.7 Å². The van der Waals surface area contributed by atoms with Crippen molar-refractivity contribution in [2.45, 2.75) is 20.8 Å². The number of nitrogens with one attached hydrogen (secondary N) is 2. The molecular weight excluding hydrogens is 420 g/mol. The number of urea groups is 1. The van der Waals surface area contributed by atoms with E-state index in [9.17, 15) is 4.79 Å². The van der Waals surface area contributed by atoms with Gasteiger partial charge in [0.1, 0.15) is 11.5 Å². The van der Waals surface area contributed by atoms with Gasteiger partial charge in [-0.15, -0.1) is 0 Å². The number of ether oxygens (including phenoxy) is 3. The second kappa shape index (κ2) is 10.9. The van der Waals surface area contributed by atoms with Gasteiger partial charge in [0.15, 0.2) is 11.5 Å². The number of carbonyl (C=O) groups excluding carboxylic acids is 1. The highest BCUT2D eigenvalue weighted by Gasteiger charge is 2.14. The number of amides is 2. The molecule has 1 aromatic heterocycles. The molecule has 2 amide bonds. The van der Waals surface area contributed by atoms with Gasteiger partial charge in [-0.25, -0.2) is 4.79 Å². The Morgan fingerprint density at radius 2 is 1.73 bits per heavy atom. The summed E-state index contributed by atoms with van der Waals surface area (Å²) in [4.78, 5) is 18.8. The molecule has 8 nitrogen and oxygen atoms in total. The van der Waals surface area contributed by atoms with Crippen LogP contribution < -0.4 is 24.8 Å². The van der Waals surface area contributed by atoms with Gasteiger partial charge in [0.25, 0.3) is 0 Å². The highest BCUT2D eigenvalue weighted by molar-refractivity contribution is 5.91. The fourth-order valence-electron chi connectivity index (χ4n) is 3.37. The Labute approximate surface area is 194 Å². The van der Waals surface area contributed by atoms with Crippen LogP contribution in [-0.4, -0.2) is 56.8 Å². The van der Waals surface area contributed by atoms with E-state index in [1.165, 1.54) is 0 Å². The lowest BCUT2D eigenvalue weighted by atomic mass is 10.1. The van der Waals surface area contributed by atoms with E-state index >= 15 is 0 Å². The lowest BCUT2D eigenvalue weighted by molar-refractivity contribution is 0.250. The third kappa shape index (κ3) is 5.84. The van der Waals surface area contributed by atoms with Gasteiger partial charge in [0.2, 0.25) is 0 Å². The highest BCUT2D eigenvalue weighted by Crippen LogP contribution is 2.38. The van der Waals surface area contributed by atoms with Gasteiger partial charge >= 0.3 is 6.03 Å². The van der Waals surface area contributed by atoms with Crippen LogP contribution in [-0.2, 0) is 0 Å². The first kappa shape index (κ1) is 24.1. The van der Waals surface area contributed by atoms with Crippen molar-refractivity contribution >= 4 is 22.6 Å². The van der Waals surface area contributed by atoms with Crippen LogP contribution in [0, 0.1) is 13.8 Å². The Balaban J connectivity index is 1.79. The predicted molar refractivity (Wildman–Crippen MR) is 131 cm³/mol. The van der Waals surface area contributed by atoms with E-state index in [4.69, 9.17) is 14.2 Å². The smallest absolute Gasteiger partial charge is 0.319 e. The summed E-state index contributed by atoms with van der Waals surface area (Å²) in [6.45, 7) is 8.28. The zero-order valence-electron chi connectivity index (χ0n) is 20.1. The SMILES string of the molecule is CCN(C)CCNC(=O)Nc1cc(C)c(Oc2ccnc3cc(OC)c(OC)cc23)cc1C. The number of aryl methyl sites for hydroxylation is 2. The molecule has 0 bridgehead atoms. The number of carbonyl (C=O) groups is 1. The third-order valence-corrected chi connectivity index (χ3v) is 5.52. The zero-order valence-corrected chi connectivity index (χ0v) is 20.1. The van der Waals surface area contributed by atoms with Crippen molar-refractivity contribution in [2.75, 3.05) is 46.2 Å². The number of nitrogens with zero attached hydrogens (tertiary/aromatic N) is 2. The number of likely N-dealkylation sites (N-methyl/N-ethyl adjacent to an activating group) is 1. The molecule has 8 heteroatoms. The van der Waals surface area contributed by atoms with Crippen molar-refractivity contribution in [3.8, 4) is 23.0 Å². The summed E-state index contributed by atoms with van der Waals surface area (Å²) in [6, 6.07) is 9.10. The number of pyridine rings is 1. The molecule has 0 aliphatic rings. The van der Waals surface area contributed by atoms with Crippen LogP contribution in [0.4, 0.5) is 10.5 Å². The third-order valence-electron chi connectivity index (χ3n) is 5.52. The molecule has 0 spiro atoms. The summed E-state index contributed by atoms with van der Waals surface area (Å²) in [7, 11) is 5.21. The molecule has 0 aliphatic carbocycles. The maximum Gasteiger partial charge on any atom is 0.319 e. The van der Waals surface area contributed by atoms with E-state index in [0.717, 1.165) is 40.8 Å². The molecule has 176 valence electrons. The number of hydrogen-bond acceptors (Lipinski definition) is 6. The van der Waals surface area contributed by atoms with E-state index in [-0.39, 0.29) is 6.03 Å². The Kier molecular flexibility index (Phi) is 7.95. The number of methoxy groups -OCH3 is 2. The van der Waals surface area contributed by atoms with Gasteiger partial charge in [-0.1, -0.05) is 6.92 Å². The van der Waals surface area contributed by atoms with Crippen molar-refractivity contribution < 1.29 is 19.0 Å². The van der Waals surface area contributed by atoms with Gasteiger partial charge < -0.3 is 29.7 Å². The van der Waals surface area contributed by atoms with Crippen LogP contribution in [0.2, 0.25) is 0 Å². The van der Waals surface area contributed by atoms with Crippen molar-refractivity contribution in [1.82, 2.24) is 15.2 Å². The molecule has 0 saturated carbocycles. The topological polar surface area (TPSA) is 85.0 Å². The standard InChI is InChI=1S/C25H32N4O4/c1-7-29(4)11-10-27-25(30)28-19-12-17(3)22(13-16(19)2)33-21-8-9-26-20-15-24(32-6)23(31-5)14-18(20)21/h8-9,12-15H,7,10-11H2,1-6H3,(H2,27,28,30). The lowest BCUT2D eigenvalue weighted by Gasteiger charge is -2.17. The second-order valence-electron chi connectivity index (χ2n) is 7.84. The minimum absolute atomic E-state index is 0.225. The van der Waals surface area contributed by atoms with Gasteiger partial charge in [-0.05, 0) is 62.8 Å². The van der Waals surface area contributed by atoms with E-state index in [2.05, 4.69) is 27.4 Å². The van der Waals surface area contributed by atoms with E-state index in [1.54, 1.807) is 20.4 Å². The van der Waals surface area contributed by atoms with Crippen LogP contribution >= 0.6 is 0 Å². The Morgan fingerprint density at radius 3 is 2.42 bits per heavy atom. The monoisotopic (exact) mass is 452 g/mol. The Hall–Kier alpha value is -3.52. The number of hydrogen-bond donors (Lipinski definition) is 2. The number of rotatable bonds is 9. The summed E-state index contributed by atoms with van der Waals surface area (Å²) < 4.78 is 17.1. The molecule has 0 atom stereocenters. The first-order chi connectivity index (χ1) is 15.9. The summed E-state index contributed by atoms with van der Waals surface area (Å²) in [5.74, 6) is 2.57. The number of aromatic nitrogens is 1. The van der Waals surface area contributed by atoms with E-state index < -0.39 is 0 Å². The van der Waals surface area contributed by atoms with Gasteiger partial charge in [-0.2, -0.15) is 0 Å². The predicted octanol–water partition coefficient (Wildman–Crippen LogP) is 4.73. The van der Waals surface area contributed by atoms with Crippen LogP contribution in [0.15, 0.2) is 36.5 Å². The van der Waals surface area contributed by atoms with Gasteiger partial charge in [0, 0.05) is 36.4 Å². The minimum Gasteiger partial charge on any atom is -0.493 e. The first-order valence-corrected chi connectivity index (χ1v) is 10.9. The maximum atomic E-state index is 12.3. The van der Waals surface area contributed by atoms with Crippen LogP contribution in [0.25, 0.3) is 10.9 Å². The number of fused-ring (bicyclic) bond motifs is 1. The minimum atomic E-state index is -0.225. The lowest BCUT2D eigenvalue weighted by Crippen LogP contribution is -2.35. The van der Waals surface area contributed by atoms with E-state index in [1.807, 2.05) is 51.2 Å². The van der Waals surface area contributed by atoms with Crippen molar-refractivity contribution in [2.24, 2.45) is 0 Å². The van der Waals surface area contributed by atoms with Crippen LogP contribution in [0.3, 0.4) is 0 Å². The second-order valence-corrected chi connectivity index (χ2v) is 7.84. The van der Waals surface area contributed by atoms with Crippen molar-refractivity contribution in [3.63, 3.8) is 0 Å². The summed E-state index contributed by atoms with van der Waals surface area (Å²) >= 11 is 0. The van der Waals surface area contributed by atoms with E-state index in [0.29, 0.717) is 29.5 Å². The molecule has 0 radical (unpaired) electrons. The van der Waals surface area contributed by atoms with Crippen molar-refractivity contribution in [3.05, 3.63) is 47.7 Å². The normalized spacial score (nSPS) is 10.9. The zero-order chi connectivity index (χ0) is 24.0. The largest absolute Gasteiger partial charge is 0.493 e. The molecule has 3 aromatic rings.